The highest BCUT2D eigenvalue weighted by Crippen LogP contribution is 2.26. The molecule has 0 amide bonds. The van der Waals surface area contributed by atoms with Gasteiger partial charge in [-0.25, -0.2) is 4.79 Å². The summed E-state index contributed by atoms with van der Waals surface area (Å²) in [5, 5.41) is 0. The van der Waals surface area contributed by atoms with Crippen molar-refractivity contribution in [3.8, 4) is 0 Å². The summed E-state index contributed by atoms with van der Waals surface area (Å²) in [6.45, 7) is 1.47. The molecule has 0 radical (unpaired) electrons. The van der Waals surface area contributed by atoms with Gasteiger partial charge in [0.05, 0.1) is 11.3 Å². The van der Waals surface area contributed by atoms with Crippen LogP contribution in [-0.4, -0.2) is 36.0 Å². The number of carbonyl (C=O) groups is 2. The van der Waals surface area contributed by atoms with Gasteiger partial charge in [0.1, 0.15) is 12.0 Å². The van der Waals surface area contributed by atoms with Crippen LogP contribution >= 0.6 is 11.8 Å². The largest absolute Gasteiger partial charge is 0.458 e. The number of carbonyl (C=O) groups excluding carboxylic acids is 2. The summed E-state index contributed by atoms with van der Waals surface area (Å²) in [5.41, 5.74) is 0.207. The van der Waals surface area contributed by atoms with Gasteiger partial charge in [-0.1, -0.05) is 18.2 Å². The van der Waals surface area contributed by atoms with Crippen molar-refractivity contribution in [2.45, 2.75) is 18.6 Å². The highest BCUT2D eigenvalue weighted by molar-refractivity contribution is 8.00. The predicted octanol–water partition coefficient (Wildman–Crippen LogP) is 1.82. The number of thioether (sulfide) groups is 1. The molecule has 1 aromatic carbocycles. The Bertz CT molecular complexity index is 448. The van der Waals surface area contributed by atoms with Gasteiger partial charge in [-0.2, -0.15) is 0 Å². The van der Waals surface area contributed by atoms with Crippen LogP contribution in [0.1, 0.15) is 17.3 Å². The molecule has 0 N–H and O–H groups in total. The van der Waals surface area contributed by atoms with Crippen molar-refractivity contribution in [1.82, 2.24) is 0 Å². The minimum atomic E-state index is -0.553. The van der Waals surface area contributed by atoms with Gasteiger partial charge in [0.25, 0.3) is 0 Å². The van der Waals surface area contributed by atoms with Gasteiger partial charge in [0.15, 0.2) is 0 Å². The topological polar surface area (TPSA) is 61.8 Å². The molecule has 19 heavy (non-hydrogen) atoms. The molecule has 2 atom stereocenters. The highest BCUT2D eigenvalue weighted by Gasteiger charge is 2.29. The second kappa shape index (κ2) is 6.58. The zero-order valence-electron chi connectivity index (χ0n) is 10.4. The molecule has 1 saturated heterocycles. The Morgan fingerprint density at radius 1 is 1.37 bits per heavy atom. The van der Waals surface area contributed by atoms with Gasteiger partial charge in [-0.3, -0.25) is 4.79 Å². The van der Waals surface area contributed by atoms with Crippen molar-refractivity contribution < 1.29 is 23.8 Å². The summed E-state index contributed by atoms with van der Waals surface area (Å²) in [6, 6.07) is 8.75. The second-order valence-corrected chi connectivity index (χ2v) is 5.09. The quantitative estimate of drug-likeness (QED) is 0.785. The molecule has 102 valence electrons. The van der Waals surface area contributed by atoms with Crippen LogP contribution in [-0.2, 0) is 19.0 Å². The van der Waals surface area contributed by atoms with Crippen LogP contribution in [0.5, 0.6) is 0 Å². The number of hydrogen-bond donors (Lipinski definition) is 0. The number of ether oxygens (including phenoxy) is 3. The Hall–Kier alpha value is -1.53. The SMILES string of the molecule is CC(=O)OC1CS[C@H](COC(=O)c2ccccc2)O1. The Labute approximate surface area is 115 Å². The van der Waals surface area contributed by atoms with E-state index in [1.54, 1.807) is 24.3 Å². The van der Waals surface area contributed by atoms with Gasteiger partial charge >= 0.3 is 11.9 Å². The van der Waals surface area contributed by atoms with Crippen LogP contribution in [0, 0.1) is 0 Å². The lowest BCUT2D eigenvalue weighted by atomic mass is 10.2. The molecular weight excluding hydrogens is 268 g/mol. The van der Waals surface area contributed by atoms with Gasteiger partial charge in [0, 0.05) is 6.92 Å². The van der Waals surface area contributed by atoms with Gasteiger partial charge in [0.2, 0.25) is 6.29 Å². The van der Waals surface area contributed by atoms with E-state index in [2.05, 4.69) is 0 Å². The van der Waals surface area contributed by atoms with E-state index in [0.29, 0.717) is 11.3 Å². The number of esters is 2. The van der Waals surface area contributed by atoms with E-state index < -0.39 is 6.29 Å². The first-order chi connectivity index (χ1) is 9.15. The lowest BCUT2D eigenvalue weighted by molar-refractivity contribution is -0.172. The first-order valence-corrected chi connectivity index (χ1v) is 6.86. The van der Waals surface area contributed by atoms with Crippen LogP contribution in [0.2, 0.25) is 0 Å². The van der Waals surface area contributed by atoms with Crippen molar-refractivity contribution >= 4 is 23.7 Å². The first-order valence-electron chi connectivity index (χ1n) is 5.81. The third-order valence-corrected chi connectivity index (χ3v) is 3.46. The summed E-state index contributed by atoms with van der Waals surface area (Å²) >= 11 is 1.45. The van der Waals surface area contributed by atoms with E-state index in [-0.39, 0.29) is 24.0 Å². The molecule has 6 heteroatoms. The normalized spacial score (nSPS) is 21.9. The molecule has 1 heterocycles. The van der Waals surface area contributed by atoms with E-state index >= 15 is 0 Å². The summed E-state index contributed by atoms with van der Waals surface area (Å²) < 4.78 is 15.5. The molecule has 0 saturated carbocycles. The molecule has 1 fully saturated rings. The average Bonchev–Trinajstić information content (AvgIpc) is 2.84. The van der Waals surface area contributed by atoms with Crippen LogP contribution in [0.3, 0.4) is 0 Å². The van der Waals surface area contributed by atoms with E-state index in [1.807, 2.05) is 6.07 Å². The molecule has 0 bridgehead atoms. The highest BCUT2D eigenvalue weighted by atomic mass is 32.2. The Morgan fingerprint density at radius 2 is 2.11 bits per heavy atom. The van der Waals surface area contributed by atoms with Crippen molar-refractivity contribution in [1.29, 1.82) is 0 Å². The molecule has 1 aliphatic heterocycles. The second-order valence-electron chi connectivity index (χ2n) is 3.90. The van der Waals surface area contributed by atoms with Crippen molar-refractivity contribution in [3.63, 3.8) is 0 Å². The summed E-state index contributed by atoms with van der Waals surface area (Å²) in [4.78, 5) is 22.4. The number of rotatable bonds is 4. The fourth-order valence-electron chi connectivity index (χ4n) is 1.57. The maximum Gasteiger partial charge on any atom is 0.338 e. The third-order valence-electron chi connectivity index (χ3n) is 2.38. The number of hydrogen-bond acceptors (Lipinski definition) is 6. The van der Waals surface area contributed by atoms with Crippen molar-refractivity contribution in [2.24, 2.45) is 0 Å². The average molecular weight is 282 g/mol. The molecule has 1 aromatic rings. The maximum atomic E-state index is 11.7. The van der Waals surface area contributed by atoms with E-state index in [1.165, 1.54) is 18.7 Å². The zero-order chi connectivity index (χ0) is 13.7. The minimum absolute atomic E-state index is 0.135. The molecule has 0 aliphatic carbocycles. The molecule has 5 nitrogen and oxygen atoms in total. The Balaban J connectivity index is 1.75. The van der Waals surface area contributed by atoms with E-state index in [4.69, 9.17) is 14.2 Å². The van der Waals surface area contributed by atoms with Crippen LogP contribution < -0.4 is 0 Å². The van der Waals surface area contributed by atoms with Crippen LogP contribution in [0.15, 0.2) is 30.3 Å². The van der Waals surface area contributed by atoms with Gasteiger partial charge in [-0.15, -0.1) is 11.8 Å². The van der Waals surface area contributed by atoms with E-state index in [9.17, 15) is 9.59 Å². The van der Waals surface area contributed by atoms with Gasteiger partial charge < -0.3 is 14.2 Å². The Kier molecular flexibility index (Phi) is 4.81. The monoisotopic (exact) mass is 282 g/mol. The molecule has 0 spiro atoms. The van der Waals surface area contributed by atoms with Crippen molar-refractivity contribution in [3.05, 3.63) is 35.9 Å². The predicted molar refractivity (Wildman–Crippen MR) is 69.6 cm³/mol. The lowest BCUT2D eigenvalue weighted by Gasteiger charge is -2.12. The smallest absolute Gasteiger partial charge is 0.338 e. The summed E-state index contributed by atoms with van der Waals surface area (Å²) in [6.07, 6.45) is -0.553. The molecule has 1 aliphatic rings. The summed E-state index contributed by atoms with van der Waals surface area (Å²) in [7, 11) is 0. The molecule has 2 rings (SSSR count). The maximum absolute atomic E-state index is 11.7. The zero-order valence-corrected chi connectivity index (χ0v) is 11.2. The van der Waals surface area contributed by atoms with E-state index in [0.717, 1.165) is 0 Å². The standard InChI is InChI=1S/C13H14O5S/c1-9(14)17-11-8-19-12(18-11)7-16-13(15)10-5-3-2-4-6-10/h2-6,11-12H,7-8H2,1H3/t11?,12-/m1/s1. The lowest BCUT2D eigenvalue weighted by Crippen LogP contribution is -2.22. The third kappa shape index (κ3) is 4.25. The molecule has 1 unspecified atom stereocenters. The van der Waals surface area contributed by atoms with Crippen LogP contribution in [0.4, 0.5) is 0 Å². The first kappa shape index (κ1) is 13.9. The van der Waals surface area contributed by atoms with Crippen molar-refractivity contribution in [2.75, 3.05) is 12.4 Å². The molecule has 0 aromatic heterocycles. The molecular formula is C13H14O5S. The fourth-order valence-corrected chi connectivity index (χ4v) is 2.45. The minimum Gasteiger partial charge on any atom is -0.458 e. The fraction of sp³-hybridized carbons (Fsp3) is 0.385. The van der Waals surface area contributed by atoms with Gasteiger partial charge in [-0.05, 0) is 12.1 Å². The summed E-state index contributed by atoms with van der Waals surface area (Å²) in [5.74, 6) is -0.221. The van der Waals surface area contributed by atoms with Crippen LogP contribution in [0.25, 0.3) is 0 Å². The Morgan fingerprint density at radius 3 is 2.79 bits per heavy atom. The number of benzene rings is 1.